The zero-order valence-electron chi connectivity index (χ0n) is 10.3. The molecule has 2 aromatic rings. The Labute approximate surface area is 125 Å². The molecule has 20 heavy (non-hydrogen) atoms. The van der Waals surface area contributed by atoms with E-state index >= 15 is 0 Å². The molecule has 0 saturated heterocycles. The lowest BCUT2D eigenvalue weighted by molar-refractivity contribution is 0.306. The van der Waals surface area contributed by atoms with Crippen LogP contribution in [0, 0.1) is 11.2 Å². The van der Waals surface area contributed by atoms with Gasteiger partial charge in [-0.3, -0.25) is 5.41 Å². The number of nitrogen functional groups attached to an aromatic ring is 1. The zero-order valence-corrected chi connectivity index (χ0v) is 11.8. The van der Waals surface area contributed by atoms with Crippen LogP contribution in [0.4, 0.5) is 4.39 Å². The molecule has 104 valence electrons. The Balaban J connectivity index is 2.10. The summed E-state index contributed by atoms with van der Waals surface area (Å²) in [6.45, 7) is 0.207. The Morgan fingerprint density at radius 2 is 1.90 bits per heavy atom. The molecule has 0 fully saturated rings. The molecule has 0 radical (unpaired) electrons. The van der Waals surface area contributed by atoms with Crippen molar-refractivity contribution in [3.8, 4) is 5.75 Å². The van der Waals surface area contributed by atoms with Crippen molar-refractivity contribution in [3.63, 3.8) is 0 Å². The van der Waals surface area contributed by atoms with Crippen LogP contribution in [0.15, 0.2) is 36.4 Å². The SMILES string of the molecule is N=C(N)c1ccc(COc2ccc(F)c(Cl)c2)c(Cl)c1. The molecule has 2 rings (SSSR count). The first-order valence-corrected chi connectivity index (χ1v) is 6.43. The highest BCUT2D eigenvalue weighted by molar-refractivity contribution is 6.31. The highest BCUT2D eigenvalue weighted by Crippen LogP contribution is 2.24. The van der Waals surface area contributed by atoms with Crippen molar-refractivity contribution < 1.29 is 9.13 Å². The van der Waals surface area contributed by atoms with Crippen molar-refractivity contribution in [2.24, 2.45) is 5.73 Å². The van der Waals surface area contributed by atoms with Gasteiger partial charge >= 0.3 is 0 Å². The standard InChI is InChI=1S/C14H11Cl2FN2O/c15-11-5-8(14(18)19)1-2-9(11)7-20-10-3-4-13(17)12(16)6-10/h1-6H,7H2,(H3,18,19). The zero-order chi connectivity index (χ0) is 14.7. The summed E-state index contributed by atoms with van der Waals surface area (Å²) < 4.78 is 18.5. The van der Waals surface area contributed by atoms with Crippen LogP contribution in [0.1, 0.15) is 11.1 Å². The Morgan fingerprint density at radius 1 is 1.15 bits per heavy atom. The summed E-state index contributed by atoms with van der Waals surface area (Å²) in [5, 5.41) is 7.77. The van der Waals surface area contributed by atoms with Crippen molar-refractivity contribution in [2.45, 2.75) is 6.61 Å². The summed E-state index contributed by atoms with van der Waals surface area (Å²) in [5.74, 6) is -0.101. The molecule has 0 saturated carbocycles. The van der Waals surface area contributed by atoms with Gasteiger partial charge in [0, 0.05) is 22.2 Å². The van der Waals surface area contributed by atoms with Gasteiger partial charge in [0.05, 0.1) is 5.02 Å². The largest absolute Gasteiger partial charge is 0.489 e. The fourth-order valence-electron chi connectivity index (χ4n) is 1.56. The summed E-state index contributed by atoms with van der Waals surface area (Å²) in [7, 11) is 0. The van der Waals surface area contributed by atoms with E-state index in [1.54, 1.807) is 18.2 Å². The Morgan fingerprint density at radius 3 is 2.50 bits per heavy atom. The second-order valence-electron chi connectivity index (χ2n) is 4.08. The number of hydrogen-bond donors (Lipinski definition) is 2. The average molecular weight is 313 g/mol. The molecule has 6 heteroatoms. The summed E-state index contributed by atoms with van der Waals surface area (Å²) >= 11 is 11.7. The quantitative estimate of drug-likeness (QED) is 0.662. The summed E-state index contributed by atoms with van der Waals surface area (Å²) in [6.07, 6.45) is 0. The monoisotopic (exact) mass is 312 g/mol. The molecule has 3 nitrogen and oxygen atoms in total. The van der Waals surface area contributed by atoms with Crippen molar-refractivity contribution in [1.82, 2.24) is 0 Å². The van der Waals surface area contributed by atoms with E-state index in [4.69, 9.17) is 39.1 Å². The Kier molecular flexibility index (Phi) is 4.47. The summed E-state index contributed by atoms with van der Waals surface area (Å²) in [4.78, 5) is 0. The lowest BCUT2D eigenvalue weighted by atomic mass is 10.1. The van der Waals surface area contributed by atoms with Crippen LogP contribution >= 0.6 is 23.2 Å². The second kappa shape index (κ2) is 6.11. The fourth-order valence-corrected chi connectivity index (χ4v) is 1.97. The molecule has 0 aliphatic heterocycles. The van der Waals surface area contributed by atoms with E-state index in [-0.39, 0.29) is 17.5 Å². The van der Waals surface area contributed by atoms with Crippen molar-refractivity contribution in [3.05, 3.63) is 63.4 Å². The van der Waals surface area contributed by atoms with Gasteiger partial charge < -0.3 is 10.5 Å². The number of hydrogen-bond acceptors (Lipinski definition) is 2. The molecule has 0 unspecified atom stereocenters. The highest BCUT2D eigenvalue weighted by Gasteiger charge is 2.06. The predicted molar refractivity (Wildman–Crippen MR) is 78.2 cm³/mol. The normalized spacial score (nSPS) is 10.3. The molecular weight excluding hydrogens is 302 g/mol. The van der Waals surface area contributed by atoms with Gasteiger partial charge in [0.2, 0.25) is 0 Å². The Hall–Kier alpha value is -1.78. The fraction of sp³-hybridized carbons (Fsp3) is 0.0714. The summed E-state index contributed by atoms with van der Waals surface area (Å²) in [5.41, 5.74) is 6.65. The summed E-state index contributed by atoms with van der Waals surface area (Å²) in [6, 6.07) is 9.13. The number of nitrogens with two attached hydrogens (primary N) is 1. The molecule has 0 amide bonds. The van der Waals surface area contributed by atoms with Gasteiger partial charge in [-0.05, 0) is 18.2 Å². The van der Waals surface area contributed by atoms with Crippen LogP contribution in [0.5, 0.6) is 5.75 Å². The first kappa shape index (κ1) is 14.6. The average Bonchev–Trinajstić information content (AvgIpc) is 2.41. The minimum absolute atomic E-state index is 0.000486. The van der Waals surface area contributed by atoms with E-state index in [2.05, 4.69) is 0 Å². The lowest BCUT2D eigenvalue weighted by Gasteiger charge is -2.09. The van der Waals surface area contributed by atoms with Gasteiger partial charge in [-0.25, -0.2) is 4.39 Å². The number of rotatable bonds is 4. The second-order valence-corrected chi connectivity index (χ2v) is 4.90. The van der Waals surface area contributed by atoms with Crippen LogP contribution in [-0.4, -0.2) is 5.84 Å². The maximum absolute atomic E-state index is 13.0. The molecule has 0 spiro atoms. The van der Waals surface area contributed by atoms with Crippen LogP contribution in [0.25, 0.3) is 0 Å². The molecule has 0 atom stereocenters. The van der Waals surface area contributed by atoms with E-state index in [1.165, 1.54) is 18.2 Å². The first-order chi connectivity index (χ1) is 9.47. The molecule has 0 aliphatic rings. The lowest BCUT2D eigenvalue weighted by Crippen LogP contribution is -2.11. The minimum atomic E-state index is -0.497. The van der Waals surface area contributed by atoms with Crippen LogP contribution in [0.2, 0.25) is 10.0 Å². The number of halogens is 3. The van der Waals surface area contributed by atoms with Crippen molar-refractivity contribution in [2.75, 3.05) is 0 Å². The number of ether oxygens (including phenoxy) is 1. The number of nitrogens with one attached hydrogen (secondary N) is 1. The highest BCUT2D eigenvalue weighted by atomic mass is 35.5. The maximum Gasteiger partial charge on any atom is 0.142 e. The van der Waals surface area contributed by atoms with Crippen molar-refractivity contribution >= 4 is 29.0 Å². The third kappa shape index (κ3) is 3.40. The first-order valence-electron chi connectivity index (χ1n) is 5.68. The van der Waals surface area contributed by atoms with E-state index in [1.807, 2.05) is 0 Å². The van der Waals surface area contributed by atoms with E-state index in [9.17, 15) is 4.39 Å². The topological polar surface area (TPSA) is 59.1 Å². The van der Waals surface area contributed by atoms with E-state index in [0.717, 1.165) is 5.56 Å². The van der Waals surface area contributed by atoms with E-state index < -0.39 is 5.82 Å². The predicted octanol–water partition coefficient (Wildman–Crippen LogP) is 4.00. The van der Waals surface area contributed by atoms with Gasteiger partial charge in [-0.2, -0.15) is 0 Å². The number of benzene rings is 2. The van der Waals surface area contributed by atoms with Crippen LogP contribution in [0.3, 0.4) is 0 Å². The maximum atomic E-state index is 13.0. The molecule has 0 bridgehead atoms. The van der Waals surface area contributed by atoms with Gasteiger partial charge in [0.25, 0.3) is 0 Å². The third-order valence-electron chi connectivity index (χ3n) is 2.65. The van der Waals surface area contributed by atoms with Gasteiger partial charge in [-0.15, -0.1) is 0 Å². The number of amidine groups is 1. The van der Waals surface area contributed by atoms with Crippen molar-refractivity contribution in [1.29, 1.82) is 5.41 Å². The third-order valence-corrected chi connectivity index (χ3v) is 3.29. The van der Waals surface area contributed by atoms with Crippen LogP contribution < -0.4 is 10.5 Å². The molecular formula is C14H11Cl2FN2O. The Bertz CT molecular complexity index is 662. The van der Waals surface area contributed by atoms with Gasteiger partial charge in [-0.1, -0.05) is 35.3 Å². The smallest absolute Gasteiger partial charge is 0.142 e. The minimum Gasteiger partial charge on any atom is -0.489 e. The van der Waals surface area contributed by atoms with Gasteiger partial charge in [0.1, 0.15) is 24.0 Å². The molecule has 3 N–H and O–H groups in total. The molecule has 0 aliphatic carbocycles. The molecule has 2 aromatic carbocycles. The molecule has 0 heterocycles. The molecule has 0 aromatic heterocycles. The van der Waals surface area contributed by atoms with Crippen LogP contribution in [-0.2, 0) is 6.61 Å². The van der Waals surface area contributed by atoms with E-state index in [0.29, 0.717) is 16.3 Å². The van der Waals surface area contributed by atoms with Gasteiger partial charge in [0.15, 0.2) is 0 Å².